The molecule has 1 aliphatic heterocycles. The molecule has 3 rings (SSSR count). The molecule has 1 saturated heterocycles. The number of halogens is 2. The zero-order valence-electron chi connectivity index (χ0n) is 15.3. The van der Waals surface area contributed by atoms with Crippen LogP contribution in [0, 0.1) is 0 Å². The second kappa shape index (κ2) is 7.75. The zero-order valence-corrected chi connectivity index (χ0v) is 16.8. The van der Waals surface area contributed by atoms with Crippen molar-refractivity contribution in [3.63, 3.8) is 0 Å². The van der Waals surface area contributed by atoms with E-state index in [9.17, 15) is 9.59 Å². The van der Waals surface area contributed by atoms with Gasteiger partial charge in [0.05, 0.1) is 22.2 Å². The van der Waals surface area contributed by atoms with E-state index in [1.54, 1.807) is 6.07 Å². The number of hydrogen-bond donors (Lipinski definition) is 0. The molecule has 4 nitrogen and oxygen atoms in total. The number of amides is 2. The smallest absolute Gasteiger partial charge is 0.261 e. The molecule has 2 amide bonds. The number of hydrogen-bond acceptors (Lipinski definition) is 3. The van der Waals surface area contributed by atoms with Crippen LogP contribution < -0.4 is 9.64 Å². The van der Waals surface area contributed by atoms with Crippen LogP contribution in [0.2, 0.25) is 10.0 Å². The van der Waals surface area contributed by atoms with Crippen LogP contribution in [-0.4, -0.2) is 11.8 Å². The highest BCUT2D eigenvalue weighted by Crippen LogP contribution is 2.40. The summed E-state index contributed by atoms with van der Waals surface area (Å²) < 4.78 is 5.98. The molecule has 0 aliphatic carbocycles. The summed E-state index contributed by atoms with van der Waals surface area (Å²) in [4.78, 5) is 26.2. The SMILES string of the molecule is CC(C)=C1CC(=O)N(c2cc(OC(C)c3ccccc3)c(Cl)cc2Cl)C1=O. The molecular weight excluding hydrogens is 385 g/mol. The standard InChI is InChI=1S/C21H19Cl2NO3/c1-12(2)15-9-20(25)24(21(15)26)18-11-19(17(23)10-16(18)22)27-13(3)14-7-5-4-6-8-14/h4-8,10-11,13H,9H2,1-3H3. The highest BCUT2D eigenvalue weighted by atomic mass is 35.5. The van der Waals surface area contributed by atoms with E-state index >= 15 is 0 Å². The Bertz CT molecular complexity index is 934. The zero-order chi connectivity index (χ0) is 19.7. The molecule has 6 heteroatoms. The Kier molecular flexibility index (Phi) is 5.59. The molecule has 0 spiro atoms. The third-order valence-corrected chi connectivity index (χ3v) is 5.06. The van der Waals surface area contributed by atoms with Crippen molar-refractivity contribution in [3.05, 3.63) is 69.2 Å². The second-order valence-corrected chi connectivity index (χ2v) is 7.41. The molecule has 1 atom stereocenters. The Balaban J connectivity index is 1.97. The molecule has 0 bridgehead atoms. The number of ether oxygens (including phenoxy) is 1. The van der Waals surface area contributed by atoms with Crippen molar-refractivity contribution >= 4 is 40.7 Å². The number of allylic oxidation sites excluding steroid dienone is 1. The van der Waals surface area contributed by atoms with Crippen molar-refractivity contribution in [1.29, 1.82) is 0 Å². The summed E-state index contributed by atoms with van der Waals surface area (Å²) in [5.74, 6) is -0.313. The van der Waals surface area contributed by atoms with Crippen molar-refractivity contribution in [2.45, 2.75) is 33.3 Å². The third-order valence-electron chi connectivity index (χ3n) is 4.46. The van der Waals surface area contributed by atoms with Gasteiger partial charge in [0.1, 0.15) is 11.9 Å². The summed E-state index contributed by atoms with van der Waals surface area (Å²) in [6.45, 7) is 5.51. The predicted octanol–water partition coefficient (Wildman–Crippen LogP) is 5.73. The van der Waals surface area contributed by atoms with Crippen molar-refractivity contribution in [2.75, 3.05) is 4.90 Å². The summed E-state index contributed by atoms with van der Waals surface area (Å²) >= 11 is 12.6. The number of anilines is 1. The average molecular weight is 404 g/mol. The van der Waals surface area contributed by atoms with Gasteiger partial charge in [-0.05, 0) is 32.4 Å². The molecule has 0 saturated carbocycles. The molecule has 1 heterocycles. The summed E-state index contributed by atoms with van der Waals surface area (Å²) in [6, 6.07) is 12.7. The lowest BCUT2D eigenvalue weighted by atomic mass is 10.1. The second-order valence-electron chi connectivity index (χ2n) is 6.59. The molecule has 27 heavy (non-hydrogen) atoms. The molecule has 1 fully saturated rings. The van der Waals surface area contributed by atoms with Gasteiger partial charge in [0.15, 0.2) is 0 Å². The van der Waals surface area contributed by atoms with E-state index in [4.69, 9.17) is 27.9 Å². The minimum atomic E-state index is -0.355. The van der Waals surface area contributed by atoms with Crippen LogP contribution in [0.3, 0.4) is 0 Å². The molecule has 1 unspecified atom stereocenters. The van der Waals surface area contributed by atoms with Gasteiger partial charge in [-0.1, -0.05) is 59.1 Å². The Labute approximate surface area is 168 Å². The van der Waals surface area contributed by atoms with Crippen LogP contribution in [0.5, 0.6) is 5.75 Å². The minimum absolute atomic E-state index is 0.0662. The van der Waals surface area contributed by atoms with E-state index in [1.165, 1.54) is 6.07 Å². The van der Waals surface area contributed by atoms with E-state index in [0.717, 1.165) is 16.0 Å². The largest absolute Gasteiger partial charge is 0.484 e. The maximum atomic E-state index is 12.7. The molecule has 1 aliphatic rings. The monoisotopic (exact) mass is 403 g/mol. The first-order valence-electron chi connectivity index (χ1n) is 8.54. The normalized spacial score (nSPS) is 15.3. The Morgan fingerprint density at radius 3 is 2.33 bits per heavy atom. The summed E-state index contributed by atoms with van der Waals surface area (Å²) in [5, 5.41) is 0.532. The lowest BCUT2D eigenvalue weighted by Gasteiger charge is -2.20. The summed E-state index contributed by atoms with van der Waals surface area (Å²) in [6.07, 6.45) is -0.201. The third kappa shape index (κ3) is 3.87. The topological polar surface area (TPSA) is 46.6 Å². The Morgan fingerprint density at radius 2 is 1.74 bits per heavy atom. The number of carbonyl (C=O) groups excluding carboxylic acids is 2. The number of benzene rings is 2. The molecule has 2 aromatic rings. The van der Waals surface area contributed by atoms with E-state index in [1.807, 2.05) is 51.1 Å². The van der Waals surface area contributed by atoms with Gasteiger partial charge >= 0.3 is 0 Å². The van der Waals surface area contributed by atoms with Crippen LogP contribution in [0.15, 0.2) is 53.6 Å². The maximum absolute atomic E-state index is 12.7. The molecule has 0 aromatic heterocycles. The molecule has 0 radical (unpaired) electrons. The van der Waals surface area contributed by atoms with E-state index in [-0.39, 0.29) is 35.0 Å². The number of nitrogens with zero attached hydrogens (tertiary/aromatic N) is 1. The van der Waals surface area contributed by atoms with Gasteiger partial charge in [-0.15, -0.1) is 0 Å². The minimum Gasteiger partial charge on any atom is -0.484 e. The van der Waals surface area contributed by atoms with Crippen molar-refractivity contribution in [3.8, 4) is 5.75 Å². The average Bonchev–Trinajstić information content (AvgIpc) is 2.93. The first-order chi connectivity index (χ1) is 12.8. The van der Waals surface area contributed by atoms with Crippen LogP contribution >= 0.6 is 23.2 Å². The number of imide groups is 1. The lowest BCUT2D eigenvalue weighted by molar-refractivity contribution is -0.120. The van der Waals surface area contributed by atoms with E-state index < -0.39 is 0 Å². The van der Waals surface area contributed by atoms with Gasteiger partial charge in [-0.3, -0.25) is 9.59 Å². The summed E-state index contributed by atoms with van der Waals surface area (Å²) in [5.41, 5.74) is 2.56. The Morgan fingerprint density at radius 1 is 1.07 bits per heavy atom. The lowest BCUT2D eigenvalue weighted by Crippen LogP contribution is -2.29. The number of rotatable bonds is 4. The van der Waals surface area contributed by atoms with Gasteiger partial charge in [0, 0.05) is 11.6 Å². The van der Waals surface area contributed by atoms with Crippen LogP contribution in [0.4, 0.5) is 5.69 Å². The van der Waals surface area contributed by atoms with Gasteiger partial charge in [-0.2, -0.15) is 0 Å². The highest BCUT2D eigenvalue weighted by Gasteiger charge is 2.37. The van der Waals surface area contributed by atoms with Crippen molar-refractivity contribution in [2.24, 2.45) is 0 Å². The summed E-state index contributed by atoms with van der Waals surface area (Å²) in [7, 11) is 0. The molecule has 2 aromatic carbocycles. The fourth-order valence-corrected chi connectivity index (χ4v) is 3.46. The Hall–Kier alpha value is -2.30. The number of carbonyl (C=O) groups is 2. The van der Waals surface area contributed by atoms with E-state index in [2.05, 4.69) is 0 Å². The van der Waals surface area contributed by atoms with Gasteiger partial charge < -0.3 is 4.74 Å². The van der Waals surface area contributed by atoms with Crippen molar-refractivity contribution in [1.82, 2.24) is 0 Å². The predicted molar refractivity (Wildman–Crippen MR) is 107 cm³/mol. The van der Waals surface area contributed by atoms with Crippen LogP contribution in [-0.2, 0) is 9.59 Å². The molecule has 0 N–H and O–H groups in total. The van der Waals surface area contributed by atoms with Gasteiger partial charge in [0.2, 0.25) is 5.91 Å². The first-order valence-corrected chi connectivity index (χ1v) is 9.29. The highest BCUT2D eigenvalue weighted by molar-refractivity contribution is 6.39. The van der Waals surface area contributed by atoms with Crippen molar-refractivity contribution < 1.29 is 14.3 Å². The molecule has 140 valence electrons. The molecular formula is C21H19Cl2NO3. The first kappa shape index (κ1) is 19.5. The van der Waals surface area contributed by atoms with Gasteiger partial charge in [-0.25, -0.2) is 4.90 Å². The maximum Gasteiger partial charge on any atom is 0.261 e. The fraction of sp³-hybridized carbons (Fsp3) is 0.238. The van der Waals surface area contributed by atoms with Crippen LogP contribution in [0.1, 0.15) is 38.9 Å². The van der Waals surface area contributed by atoms with E-state index in [0.29, 0.717) is 16.3 Å². The quantitative estimate of drug-likeness (QED) is 0.483. The van der Waals surface area contributed by atoms with Gasteiger partial charge in [0.25, 0.3) is 5.91 Å². The van der Waals surface area contributed by atoms with Crippen LogP contribution in [0.25, 0.3) is 0 Å². The fourth-order valence-electron chi connectivity index (χ4n) is 2.95.